The zero-order valence-electron chi connectivity index (χ0n) is 16.8. The third-order valence-corrected chi connectivity index (χ3v) is 4.89. The highest BCUT2D eigenvalue weighted by Gasteiger charge is 2.31. The van der Waals surface area contributed by atoms with E-state index in [-0.39, 0.29) is 12.1 Å². The van der Waals surface area contributed by atoms with Crippen molar-refractivity contribution in [2.24, 2.45) is 0 Å². The molecule has 0 aliphatic carbocycles. The van der Waals surface area contributed by atoms with Gasteiger partial charge in [-0.2, -0.15) is 0 Å². The van der Waals surface area contributed by atoms with Crippen molar-refractivity contribution in [1.29, 1.82) is 0 Å². The quantitative estimate of drug-likeness (QED) is 0.779. The predicted molar refractivity (Wildman–Crippen MR) is 110 cm³/mol. The van der Waals surface area contributed by atoms with Crippen LogP contribution in [0.2, 0.25) is 0 Å². The Morgan fingerprint density at radius 3 is 2.04 bits per heavy atom. The van der Waals surface area contributed by atoms with Crippen molar-refractivity contribution in [3.05, 3.63) is 71.8 Å². The molecular weight excluding hydrogens is 350 g/mol. The Kier molecular flexibility index (Phi) is 6.88. The molecule has 1 N–H and O–H groups in total. The molecule has 1 aliphatic rings. The summed E-state index contributed by atoms with van der Waals surface area (Å²) >= 11 is 0. The molecule has 4 heteroatoms. The van der Waals surface area contributed by atoms with E-state index in [0.717, 1.165) is 13.1 Å². The standard InChI is InChI=1S/C24H29NO3/c1-19(23(26)15-14-22-18-27-24(2,3)28-22)25(16-20-10-6-4-7-11-20)17-21-12-8-5-9-13-21/h4-13,19,22-23,26H,16-18H2,1-3H3/t19-,22-,23+/m0/s1. The molecule has 0 amide bonds. The minimum atomic E-state index is -0.778. The summed E-state index contributed by atoms with van der Waals surface area (Å²) in [5.41, 5.74) is 2.42. The van der Waals surface area contributed by atoms with Gasteiger partial charge in [0.15, 0.2) is 5.79 Å². The summed E-state index contributed by atoms with van der Waals surface area (Å²) in [5, 5.41) is 10.7. The summed E-state index contributed by atoms with van der Waals surface area (Å²) in [4.78, 5) is 2.25. The summed E-state index contributed by atoms with van der Waals surface area (Å²) in [5.74, 6) is 5.39. The highest BCUT2D eigenvalue weighted by Crippen LogP contribution is 2.22. The molecule has 0 saturated carbocycles. The number of nitrogens with zero attached hydrogens (tertiary/aromatic N) is 1. The fraction of sp³-hybridized carbons (Fsp3) is 0.417. The van der Waals surface area contributed by atoms with Crippen molar-refractivity contribution < 1.29 is 14.6 Å². The van der Waals surface area contributed by atoms with Crippen LogP contribution < -0.4 is 0 Å². The number of hydrogen-bond acceptors (Lipinski definition) is 4. The molecule has 2 aromatic rings. The van der Waals surface area contributed by atoms with E-state index in [2.05, 4.69) is 41.0 Å². The maximum absolute atomic E-state index is 10.7. The maximum atomic E-state index is 10.7. The lowest BCUT2D eigenvalue weighted by molar-refractivity contribution is -0.132. The van der Waals surface area contributed by atoms with Crippen LogP contribution in [0.4, 0.5) is 0 Å². The lowest BCUT2D eigenvalue weighted by atomic mass is 10.1. The van der Waals surface area contributed by atoms with Crippen molar-refractivity contribution in [2.45, 2.75) is 57.9 Å². The van der Waals surface area contributed by atoms with Crippen LogP contribution in [-0.4, -0.2) is 40.7 Å². The van der Waals surface area contributed by atoms with E-state index in [1.807, 2.05) is 57.2 Å². The second-order valence-electron chi connectivity index (χ2n) is 7.67. The van der Waals surface area contributed by atoms with E-state index >= 15 is 0 Å². The largest absolute Gasteiger partial charge is 0.379 e. The van der Waals surface area contributed by atoms with Crippen molar-refractivity contribution in [3.63, 3.8) is 0 Å². The first kappa shape index (κ1) is 20.6. The highest BCUT2D eigenvalue weighted by atomic mass is 16.7. The fourth-order valence-corrected chi connectivity index (χ4v) is 3.24. The number of hydrogen-bond donors (Lipinski definition) is 1. The van der Waals surface area contributed by atoms with Crippen LogP contribution >= 0.6 is 0 Å². The minimum Gasteiger partial charge on any atom is -0.379 e. The Morgan fingerprint density at radius 2 is 1.57 bits per heavy atom. The van der Waals surface area contributed by atoms with Crippen LogP contribution in [0.25, 0.3) is 0 Å². The van der Waals surface area contributed by atoms with Gasteiger partial charge in [0.1, 0.15) is 12.2 Å². The van der Waals surface area contributed by atoms with Gasteiger partial charge in [-0.15, -0.1) is 0 Å². The van der Waals surface area contributed by atoms with Crippen molar-refractivity contribution in [2.75, 3.05) is 6.61 Å². The molecule has 4 nitrogen and oxygen atoms in total. The minimum absolute atomic E-state index is 0.136. The smallest absolute Gasteiger partial charge is 0.164 e. The normalized spacial score (nSPS) is 20.4. The molecule has 3 rings (SSSR count). The van der Waals surface area contributed by atoms with E-state index in [9.17, 15) is 5.11 Å². The molecule has 0 aromatic heterocycles. The molecule has 1 fully saturated rings. The lowest BCUT2D eigenvalue weighted by Gasteiger charge is -2.30. The molecule has 1 aliphatic heterocycles. The maximum Gasteiger partial charge on any atom is 0.164 e. The van der Waals surface area contributed by atoms with E-state index in [1.165, 1.54) is 11.1 Å². The fourth-order valence-electron chi connectivity index (χ4n) is 3.24. The number of benzene rings is 2. The Morgan fingerprint density at radius 1 is 1.04 bits per heavy atom. The first-order valence-corrected chi connectivity index (χ1v) is 9.76. The molecule has 0 radical (unpaired) electrons. The van der Waals surface area contributed by atoms with Crippen LogP contribution in [0.5, 0.6) is 0 Å². The Bertz CT molecular complexity index is 753. The van der Waals surface area contributed by atoms with Crippen LogP contribution in [0.3, 0.4) is 0 Å². The third kappa shape index (κ3) is 5.92. The Hall–Kier alpha value is -2.16. The first-order chi connectivity index (χ1) is 13.4. The molecule has 0 unspecified atom stereocenters. The number of aliphatic hydroxyl groups is 1. The van der Waals surface area contributed by atoms with Crippen LogP contribution in [0, 0.1) is 11.8 Å². The number of rotatable bonds is 6. The van der Waals surface area contributed by atoms with Crippen molar-refractivity contribution in [1.82, 2.24) is 4.90 Å². The SMILES string of the molecule is C[C@@H]([C@H](O)C#C[C@H]1COC(C)(C)O1)N(Cc1ccccc1)Cc1ccccc1. The number of ether oxygens (including phenoxy) is 2. The van der Waals surface area contributed by atoms with Gasteiger partial charge in [0.25, 0.3) is 0 Å². The van der Waals surface area contributed by atoms with Gasteiger partial charge in [-0.25, -0.2) is 0 Å². The summed E-state index contributed by atoms with van der Waals surface area (Å²) in [6, 6.07) is 20.5. The van der Waals surface area contributed by atoms with E-state index in [4.69, 9.17) is 9.47 Å². The van der Waals surface area contributed by atoms with Gasteiger partial charge >= 0.3 is 0 Å². The summed E-state index contributed by atoms with van der Waals surface area (Å²) in [6.07, 6.45) is -1.08. The van der Waals surface area contributed by atoms with Gasteiger partial charge in [0, 0.05) is 19.1 Å². The molecule has 28 heavy (non-hydrogen) atoms. The predicted octanol–water partition coefficient (Wildman–Crippen LogP) is 3.59. The highest BCUT2D eigenvalue weighted by molar-refractivity contribution is 5.19. The van der Waals surface area contributed by atoms with Gasteiger partial charge in [0.2, 0.25) is 0 Å². The summed E-state index contributed by atoms with van der Waals surface area (Å²) in [7, 11) is 0. The Balaban J connectivity index is 1.71. The molecule has 2 aromatic carbocycles. The molecule has 148 valence electrons. The van der Waals surface area contributed by atoms with Gasteiger partial charge in [0.05, 0.1) is 6.61 Å². The second kappa shape index (κ2) is 9.36. The Labute approximate surface area is 168 Å². The molecule has 0 bridgehead atoms. The molecule has 0 spiro atoms. The van der Waals surface area contributed by atoms with Crippen LogP contribution in [-0.2, 0) is 22.6 Å². The molecule has 3 atom stereocenters. The topological polar surface area (TPSA) is 41.9 Å². The van der Waals surface area contributed by atoms with Gasteiger partial charge < -0.3 is 14.6 Å². The zero-order chi connectivity index (χ0) is 20.0. The molecular formula is C24H29NO3. The van der Waals surface area contributed by atoms with E-state index < -0.39 is 11.9 Å². The summed E-state index contributed by atoms with van der Waals surface area (Å²) in [6.45, 7) is 7.67. The van der Waals surface area contributed by atoms with Crippen LogP contribution in [0.1, 0.15) is 31.9 Å². The van der Waals surface area contributed by atoms with Gasteiger partial charge in [-0.1, -0.05) is 72.5 Å². The third-order valence-electron chi connectivity index (χ3n) is 4.89. The van der Waals surface area contributed by atoms with Gasteiger partial charge in [-0.05, 0) is 31.9 Å². The first-order valence-electron chi connectivity index (χ1n) is 9.76. The van der Waals surface area contributed by atoms with Gasteiger partial charge in [-0.3, -0.25) is 4.90 Å². The summed E-state index contributed by atoms with van der Waals surface area (Å²) < 4.78 is 11.2. The average Bonchev–Trinajstić information content (AvgIpc) is 3.05. The molecule has 1 saturated heterocycles. The zero-order valence-corrected chi connectivity index (χ0v) is 16.8. The molecule has 1 heterocycles. The van der Waals surface area contributed by atoms with E-state index in [1.54, 1.807) is 0 Å². The second-order valence-corrected chi connectivity index (χ2v) is 7.67. The average molecular weight is 380 g/mol. The monoisotopic (exact) mass is 379 g/mol. The van der Waals surface area contributed by atoms with E-state index in [0.29, 0.717) is 6.61 Å². The van der Waals surface area contributed by atoms with Crippen molar-refractivity contribution in [3.8, 4) is 11.8 Å². The lowest BCUT2D eigenvalue weighted by Crippen LogP contribution is -2.40. The number of aliphatic hydroxyl groups excluding tert-OH is 1. The van der Waals surface area contributed by atoms with Crippen LogP contribution in [0.15, 0.2) is 60.7 Å². The van der Waals surface area contributed by atoms with Crippen molar-refractivity contribution >= 4 is 0 Å².